The fraction of sp³-hybridized carbons (Fsp3) is 0.111. The lowest BCUT2D eigenvalue weighted by Gasteiger charge is -2.06. The van der Waals surface area contributed by atoms with Crippen molar-refractivity contribution in [1.29, 1.82) is 5.26 Å². The molecule has 24 heavy (non-hydrogen) atoms. The third kappa shape index (κ3) is 5.45. The van der Waals surface area contributed by atoms with Gasteiger partial charge in [0.05, 0.1) is 0 Å². The van der Waals surface area contributed by atoms with Gasteiger partial charge in [0.2, 0.25) is 0 Å². The first-order chi connectivity index (χ1) is 11.6. The molecule has 0 saturated carbocycles. The van der Waals surface area contributed by atoms with Crippen molar-refractivity contribution in [1.82, 2.24) is 5.32 Å². The number of nitriles is 1. The van der Waals surface area contributed by atoms with Crippen LogP contribution in [-0.4, -0.2) is 17.6 Å². The molecule has 0 aliphatic heterocycles. The maximum absolute atomic E-state index is 12.0. The lowest BCUT2D eigenvalue weighted by Crippen LogP contribution is -2.27. The van der Waals surface area contributed by atoms with Gasteiger partial charge in [0.15, 0.2) is 0 Å². The maximum atomic E-state index is 12.0. The average molecular weight is 386 g/mol. The van der Waals surface area contributed by atoms with Crippen LogP contribution in [0.3, 0.4) is 0 Å². The molecule has 122 valence electrons. The number of anilines is 1. The standard InChI is InChI=1S/C18H16BrN3O2/c19-15-3-5-16(6-4-15)22-12-14(11-20)18(24)21-10-9-13-1-7-17(23)8-2-13/h1-8,12,22-23H,9-10H2,(H,21,24)/b14-12-. The Hall–Kier alpha value is -2.78. The lowest BCUT2D eigenvalue weighted by atomic mass is 10.1. The highest BCUT2D eigenvalue weighted by Crippen LogP contribution is 2.14. The molecule has 3 N–H and O–H groups in total. The van der Waals surface area contributed by atoms with Gasteiger partial charge in [-0.15, -0.1) is 0 Å². The second-order valence-corrected chi connectivity index (χ2v) is 5.91. The lowest BCUT2D eigenvalue weighted by molar-refractivity contribution is -0.117. The Morgan fingerprint density at radius 2 is 1.83 bits per heavy atom. The topological polar surface area (TPSA) is 85.2 Å². The highest BCUT2D eigenvalue weighted by atomic mass is 79.9. The zero-order chi connectivity index (χ0) is 17.4. The summed E-state index contributed by atoms with van der Waals surface area (Å²) in [5, 5.41) is 24.0. The fourth-order valence-electron chi connectivity index (χ4n) is 1.93. The van der Waals surface area contributed by atoms with Crippen molar-refractivity contribution in [3.63, 3.8) is 0 Å². The number of phenols is 1. The predicted octanol–water partition coefficient (Wildman–Crippen LogP) is 3.33. The van der Waals surface area contributed by atoms with E-state index in [2.05, 4.69) is 26.6 Å². The normalized spacial score (nSPS) is 10.8. The number of hydrogen-bond acceptors (Lipinski definition) is 4. The first-order valence-corrected chi connectivity index (χ1v) is 8.06. The van der Waals surface area contributed by atoms with Crippen LogP contribution in [0.1, 0.15) is 5.56 Å². The van der Waals surface area contributed by atoms with E-state index in [1.54, 1.807) is 24.3 Å². The second kappa shape index (κ2) is 8.75. The Morgan fingerprint density at radius 1 is 1.17 bits per heavy atom. The minimum absolute atomic E-state index is 0.00336. The Kier molecular flexibility index (Phi) is 6.41. The van der Waals surface area contributed by atoms with Crippen molar-refractivity contribution in [2.45, 2.75) is 6.42 Å². The number of aromatic hydroxyl groups is 1. The van der Waals surface area contributed by atoms with Gasteiger partial charge in [-0.25, -0.2) is 0 Å². The molecular weight excluding hydrogens is 370 g/mol. The number of carbonyl (C=O) groups is 1. The molecule has 6 heteroatoms. The maximum Gasteiger partial charge on any atom is 0.263 e. The molecule has 0 atom stereocenters. The van der Waals surface area contributed by atoms with Crippen molar-refractivity contribution in [3.8, 4) is 11.8 Å². The van der Waals surface area contributed by atoms with Gasteiger partial charge in [0, 0.05) is 22.9 Å². The van der Waals surface area contributed by atoms with Crippen molar-refractivity contribution >= 4 is 27.5 Å². The molecule has 0 bridgehead atoms. The quantitative estimate of drug-likeness (QED) is 0.525. The molecule has 0 aliphatic carbocycles. The molecular formula is C18H16BrN3O2. The van der Waals surface area contributed by atoms with Crippen LogP contribution in [0.2, 0.25) is 0 Å². The van der Waals surface area contributed by atoms with Crippen molar-refractivity contribution in [2.24, 2.45) is 0 Å². The molecule has 2 aromatic rings. The largest absolute Gasteiger partial charge is 0.508 e. The molecule has 0 aromatic heterocycles. The zero-order valence-electron chi connectivity index (χ0n) is 12.8. The zero-order valence-corrected chi connectivity index (χ0v) is 14.4. The van der Waals surface area contributed by atoms with Crippen LogP contribution in [0.5, 0.6) is 5.75 Å². The van der Waals surface area contributed by atoms with Crippen LogP contribution in [-0.2, 0) is 11.2 Å². The number of phenolic OH excluding ortho intramolecular Hbond substituents is 1. The number of rotatable bonds is 6. The smallest absolute Gasteiger partial charge is 0.263 e. The summed E-state index contributed by atoms with van der Waals surface area (Å²) < 4.78 is 0.949. The van der Waals surface area contributed by atoms with E-state index < -0.39 is 5.91 Å². The summed E-state index contributed by atoms with van der Waals surface area (Å²) in [6.45, 7) is 0.404. The van der Waals surface area contributed by atoms with Crippen molar-refractivity contribution in [3.05, 3.63) is 70.3 Å². The van der Waals surface area contributed by atoms with Crippen LogP contribution in [0.25, 0.3) is 0 Å². The van der Waals surface area contributed by atoms with Gasteiger partial charge < -0.3 is 15.7 Å². The first kappa shape index (κ1) is 17.6. The summed E-state index contributed by atoms with van der Waals surface area (Å²) in [6.07, 6.45) is 2.00. The van der Waals surface area contributed by atoms with E-state index in [1.807, 2.05) is 30.3 Å². The molecule has 2 aromatic carbocycles. The molecule has 5 nitrogen and oxygen atoms in total. The molecule has 0 fully saturated rings. The highest BCUT2D eigenvalue weighted by Gasteiger charge is 2.08. The highest BCUT2D eigenvalue weighted by molar-refractivity contribution is 9.10. The predicted molar refractivity (Wildman–Crippen MR) is 96.3 cm³/mol. The molecule has 0 spiro atoms. The summed E-state index contributed by atoms with van der Waals surface area (Å²) in [5.74, 6) is -0.225. The number of carbonyl (C=O) groups excluding carboxylic acids is 1. The van der Waals surface area contributed by atoms with E-state index in [9.17, 15) is 9.90 Å². The van der Waals surface area contributed by atoms with Crippen LogP contribution in [0.4, 0.5) is 5.69 Å². The van der Waals surface area contributed by atoms with E-state index in [0.717, 1.165) is 15.7 Å². The van der Waals surface area contributed by atoms with Gasteiger partial charge in [0.1, 0.15) is 17.4 Å². The summed E-state index contributed by atoms with van der Waals surface area (Å²) >= 11 is 3.34. The molecule has 1 amide bonds. The molecule has 0 aliphatic rings. The van der Waals surface area contributed by atoms with Gasteiger partial charge in [-0.2, -0.15) is 5.26 Å². The van der Waals surface area contributed by atoms with Gasteiger partial charge in [-0.1, -0.05) is 28.1 Å². The van der Waals surface area contributed by atoms with Crippen molar-refractivity contribution < 1.29 is 9.90 Å². The number of nitrogens with one attached hydrogen (secondary N) is 2. The molecule has 0 radical (unpaired) electrons. The molecule has 0 saturated heterocycles. The van der Waals surface area contributed by atoms with Crippen molar-refractivity contribution in [2.75, 3.05) is 11.9 Å². The van der Waals surface area contributed by atoms with E-state index in [1.165, 1.54) is 6.20 Å². The number of halogens is 1. The van der Waals surface area contributed by atoms with E-state index >= 15 is 0 Å². The molecule has 2 rings (SSSR count). The Labute approximate surface area is 148 Å². The monoisotopic (exact) mass is 385 g/mol. The Balaban J connectivity index is 1.86. The minimum atomic E-state index is -0.430. The summed E-state index contributed by atoms with van der Waals surface area (Å²) in [6, 6.07) is 16.0. The number of hydrogen-bond donors (Lipinski definition) is 3. The van der Waals surface area contributed by atoms with Gasteiger partial charge >= 0.3 is 0 Å². The minimum Gasteiger partial charge on any atom is -0.508 e. The van der Waals surface area contributed by atoms with Crippen LogP contribution < -0.4 is 10.6 Å². The Bertz CT molecular complexity index is 762. The first-order valence-electron chi connectivity index (χ1n) is 7.27. The van der Waals surface area contributed by atoms with E-state index in [-0.39, 0.29) is 11.3 Å². The van der Waals surface area contributed by atoms with Crippen LogP contribution in [0.15, 0.2) is 64.8 Å². The summed E-state index contributed by atoms with van der Waals surface area (Å²) in [5.41, 5.74) is 1.77. The van der Waals surface area contributed by atoms with Crippen LogP contribution >= 0.6 is 15.9 Å². The fourth-order valence-corrected chi connectivity index (χ4v) is 2.19. The molecule has 0 heterocycles. The van der Waals surface area contributed by atoms with E-state index in [0.29, 0.717) is 13.0 Å². The van der Waals surface area contributed by atoms with Gasteiger partial charge in [0.25, 0.3) is 5.91 Å². The third-order valence-corrected chi connectivity index (χ3v) is 3.76. The third-order valence-electron chi connectivity index (χ3n) is 3.23. The Morgan fingerprint density at radius 3 is 2.46 bits per heavy atom. The van der Waals surface area contributed by atoms with Crippen LogP contribution in [0, 0.1) is 11.3 Å². The SMILES string of the molecule is N#C/C(=C/Nc1ccc(Br)cc1)C(=O)NCCc1ccc(O)cc1. The second-order valence-electron chi connectivity index (χ2n) is 4.99. The molecule has 0 unspecified atom stereocenters. The number of nitrogens with zero attached hydrogens (tertiary/aromatic N) is 1. The summed E-state index contributed by atoms with van der Waals surface area (Å²) in [4.78, 5) is 12.0. The average Bonchev–Trinajstić information content (AvgIpc) is 2.59. The van der Waals surface area contributed by atoms with Gasteiger partial charge in [-0.05, 0) is 48.4 Å². The number of benzene rings is 2. The summed E-state index contributed by atoms with van der Waals surface area (Å²) in [7, 11) is 0. The van der Waals surface area contributed by atoms with E-state index in [4.69, 9.17) is 5.26 Å². The number of amides is 1. The van der Waals surface area contributed by atoms with Gasteiger partial charge in [-0.3, -0.25) is 4.79 Å².